The van der Waals surface area contributed by atoms with Crippen molar-refractivity contribution in [3.63, 3.8) is 0 Å². The third kappa shape index (κ3) is 3.88. The Balaban J connectivity index is 1.60. The number of imidazole rings is 1. The van der Waals surface area contributed by atoms with Gasteiger partial charge in [0.05, 0.1) is 5.69 Å². The van der Waals surface area contributed by atoms with Gasteiger partial charge < -0.3 is 5.32 Å². The molecule has 0 bridgehead atoms. The lowest BCUT2D eigenvalue weighted by Gasteiger charge is -2.09. The quantitative estimate of drug-likeness (QED) is 0.503. The molecule has 1 aromatic carbocycles. The summed E-state index contributed by atoms with van der Waals surface area (Å²) in [5.41, 5.74) is 2.02. The summed E-state index contributed by atoms with van der Waals surface area (Å²) >= 11 is 0. The lowest BCUT2D eigenvalue weighted by Crippen LogP contribution is -2.20. The van der Waals surface area contributed by atoms with Crippen molar-refractivity contribution >= 4 is 23.3 Å². The minimum atomic E-state index is -0.417. The molecule has 0 fully saturated rings. The first kappa shape index (κ1) is 18.5. The smallest absolute Gasteiger partial charge is 0.275 e. The van der Waals surface area contributed by atoms with Crippen LogP contribution in [0.3, 0.4) is 0 Å². The number of carbonyl (C=O) groups excluding carboxylic acids is 1. The van der Waals surface area contributed by atoms with Crippen LogP contribution in [-0.4, -0.2) is 30.1 Å². The normalized spacial score (nSPS) is 11.1. The average molecular weight is 389 g/mol. The molecule has 0 spiro atoms. The Morgan fingerprint density at radius 1 is 1.17 bits per heavy atom. The summed E-state index contributed by atoms with van der Waals surface area (Å²) in [6.07, 6.45) is 3.66. The van der Waals surface area contributed by atoms with Crippen molar-refractivity contribution in [2.75, 3.05) is 5.32 Å². The number of nitrogens with zero attached hydrogens (tertiary/aromatic N) is 6. The Hall–Kier alpha value is -3.88. The number of hydrogen-bond donors (Lipinski definition) is 1. The lowest BCUT2D eigenvalue weighted by molar-refractivity contribution is 0.101. The fraction of sp³-hybridized carbons (Fsp3) is 0.200. The van der Waals surface area contributed by atoms with Gasteiger partial charge in [-0.25, -0.2) is 4.98 Å². The van der Waals surface area contributed by atoms with Gasteiger partial charge in [-0.05, 0) is 17.2 Å². The van der Waals surface area contributed by atoms with Crippen LogP contribution in [0.2, 0.25) is 0 Å². The van der Waals surface area contributed by atoms with Crippen LogP contribution in [0.5, 0.6) is 0 Å². The van der Waals surface area contributed by atoms with Gasteiger partial charge in [-0.15, -0.1) is 10.0 Å². The number of carbonyl (C=O) groups is 1. The van der Waals surface area contributed by atoms with E-state index in [-0.39, 0.29) is 17.4 Å². The van der Waals surface area contributed by atoms with Gasteiger partial charge in [-0.1, -0.05) is 44.2 Å². The van der Waals surface area contributed by atoms with E-state index in [0.717, 1.165) is 11.3 Å². The molecule has 0 aliphatic carbocycles. The first-order chi connectivity index (χ1) is 14.0. The molecule has 0 saturated carbocycles. The maximum atomic E-state index is 12.7. The molecule has 0 aliphatic heterocycles. The molecule has 0 radical (unpaired) electrons. The molecule has 0 atom stereocenters. The van der Waals surface area contributed by atoms with E-state index in [4.69, 9.17) is 0 Å². The molecule has 9 nitrogen and oxygen atoms in total. The highest BCUT2D eigenvalue weighted by atomic mass is 16.3. The molecular formula is C20H19N7O2. The predicted molar refractivity (Wildman–Crippen MR) is 109 cm³/mol. The number of nitroso groups, excluding NO2 is 1. The SMILES string of the molecule is CC(C)Cn1nc(N=O)cc1C(=O)Nc1ccn2cc(-c3ccccc3)nc2n1. The topological polar surface area (TPSA) is 107 Å². The highest BCUT2D eigenvalue weighted by Gasteiger charge is 2.18. The van der Waals surface area contributed by atoms with Crippen molar-refractivity contribution in [3.8, 4) is 11.3 Å². The van der Waals surface area contributed by atoms with Crippen LogP contribution >= 0.6 is 0 Å². The van der Waals surface area contributed by atoms with Crippen LogP contribution in [0.15, 0.2) is 60.0 Å². The minimum Gasteiger partial charge on any atom is -0.305 e. The van der Waals surface area contributed by atoms with Crippen LogP contribution in [0.1, 0.15) is 24.3 Å². The molecule has 9 heteroatoms. The van der Waals surface area contributed by atoms with E-state index in [1.807, 2.05) is 50.4 Å². The Kier molecular flexibility index (Phi) is 4.86. The van der Waals surface area contributed by atoms with Crippen molar-refractivity contribution in [3.05, 3.63) is 65.5 Å². The monoisotopic (exact) mass is 389 g/mol. The molecule has 0 aliphatic rings. The van der Waals surface area contributed by atoms with E-state index in [1.165, 1.54) is 10.7 Å². The Morgan fingerprint density at radius 2 is 1.97 bits per heavy atom. The molecule has 1 amide bonds. The summed E-state index contributed by atoms with van der Waals surface area (Å²) in [5.74, 6) is 0.620. The van der Waals surface area contributed by atoms with Gasteiger partial charge >= 0.3 is 0 Å². The highest BCUT2D eigenvalue weighted by Crippen LogP contribution is 2.20. The Labute approximate surface area is 166 Å². The number of aromatic nitrogens is 5. The molecule has 3 aromatic heterocycles. The van der Waals surface area contributed by atoms with E-state index in [1.54, 1.807) is 16.7 Å². The van der Waals surface area contributed by atoms with Crippen LogP contribution in [-0.2, 0) is 6.54 Å². The average Bonchev–Trinajstić information content (AvgIpc) is 3.32. The highest BCUT2D eigenvalue weighted by molar-refractivity contribution is 6.03. The maximum Gasteiger partial charge on any atom is 0.275 e. The third-order valence-corrected chi connectivity index (χ3v) is 4.27. The maximum absolute atomic E-state index is 12.7. The van der Waals surface area contributed by atoms with E-state index in [9.17, 15) is 9.70 Å². The second-order valence-electron chi connectivity index (χ2n) is 7.02. The number of hydrogen-bond acceptors (Lipinski definition) is 6. The Bertz CT molecular complexity index is 1180. The number of rotatable bonds is 6. The number of nitrogens with one attached hydrogen (secondary N) is 1. The van der Waals surface area contributed by atoms with Crippen LogP contribution in [0.25, 0.3) is 17.0 Å². The number of benzene rings is 1. The van der Waals surface area contributed by atoms with Gasteiger partial charge in [0.2, 0.25) is 11.6 Å². The fourth-order valence-electron chi connectivity index (χ4n) is 2.99. The van der Waals surface area contributed by atoms with E-state index < -0.39 is 5.91 Å². The van der Waals surface area contributed by atoms with Crippen molar-refractivity contribution in [1.82, 2.24) is 24.1 Å². The molecule has 0 unspecified atom stereocenters. The zero-order valence-corrected chi connectivity index (χ0v) is 16.0. The number of amides is 1. The second-order valence-corrected chi connectivity index (χ2v) is 7.02. The molecule has 29 heavy (non-hydrogen) atoms. The third-order valence-electron chi connectivity index (χ3n) is 4.27. The molecule has 4 rings (SSSR count). The molecule has 0 saturated heterocycles. The first-order valence-corrected chi connectivity index (χ1v) is 9.17. The standard InChI is InChI=1S/C20H19N7O2/c1-13(2)11-27-16(10-18(24-27)25-29)19(28)22-17-8-9-26-12-15(21-20(26)23-17)14-6-4-3-5-7-14/h3-10,12-13H,11H2,1-2H3,(H,21,22,23,28). The van der Waals surface area contributed by atoms with Crippen molar-refractivity contribution in [2.24, 2.45) is 11.1 Å². The van der Waals surface area contributed by atoms with Crippen molar-refractivity contribution in [2.45, 2.75) is 20.4 Å². The van der Waals surface area contributed by atoms with Gasteiger partial charge in [0.15, 0.2) is 0 Å². The summed E-state index contributed by atoms with van der Waals surface area (Å²) in [6.45, 7) is 4.48. The van der Waals surface area contributed by atoms with Gasteiger partial charge in [0, 0.05) is 30.6 Å². The first-order valence-electron chi connectivity index (χ1n) is 9.17. The number of fused-ring (bicyclic) bond motifs is 1. The molecule has 3 heterocycles. The van der Waals surface area contributed by atoms with Crippen LogP contribution in [0.4, 0.5) is 11.6 Å². The van der Waals surface area contributed by atoms with Crippen molar-refractivity contribution < 1.29 is 4.79 Å². The van der Waals surface area contributed by atoms with Crippen molar-refractivity contribution in [1.29, 1.82) is 0 Å². The lowest BCUT2D eigenvalue weighted by atomic mass is 10.2. The Morgan fingerprint density at radius 3 is 2.69 bits per heavy atom. The van der Waals surface area contributed by atoms with Gasteiger partial charge in [0.1, 0.15) is 11.5 Å². The number of anilines is 1. The summed E-state index contributed by atoms with van der Waals surface area (Å²) in [6, 6.07) is 12.8. The predicted octanol–water partition coefficient (Wildman–Crippen LogP) is 3.90. The van der Waals surface area contributed by atoms with Gasteiger partial charge in [-0.3, -0.25) is 13.9 Å². The summed E-state index contributed by atoms with van der Waals surface area (Å²) in [4.78, 5) is 32.5. The zero-order valence-electron chi connectivity index (χ0n) is 16.0. The van der Waals surface area contributed by atoms with Crippen LogP contribution in [0, 0.1) is 10.8 Å². The van der Waals surface area contributed by atoms with E-state index in [2.05, 4.69) is 25.6 Å². The summed E-state index contributed by atoms with van der Waals surface area (Å²) < 4.78 is 3.27. The molecule has 146 valence electrons. The summed E-state index contributed by atoms with van der Waals surface area (Å²) in [7, 11) is 0. The van der Waals surface area contributed by atoms with E-state index in [0.29, 0.717) is 18.1 Å². The molecule has 1 N–H and O–H groups in total. The second kappa shape index (κ2) is 7.63. The van der Waals surface area contributed by atoms with Crippen LogP contribution < -0.4 is 5.32 Å². The van der Waals surface area contributed by atoms with Gasteiger partial charge in [-0.2, -0.15) is 4.98 Å². The molecular weight excluding hydrogens is 370 g/mol. The summed E-state index contributed by atoms with van der Waals surface area (Å²) in [5, 5.41) is 9.63. The van der Waals surface area contributed by atoms with Gasteiger partial charge in [0.25, 0.3) is 5.91 Å². The molecule has 4 aromatic rings. The minimum absolute atomic E-state index is 0.0278. The zero-order chi connectivity index (χ0) is 20.4. The van der Waals surface area contributed by atoms with E-state index >= 15 is 0 Å². The largest absolute Gasteiger partial charge is 0.305 e. The fourth-order valence-corrected chi connectivity index (χ4v) is 2.99.